The van der Waals surface area contributed by atoms with Gasteiger partial charge in [-0.15, -0.1) is 0 Å². The van der Waals surface area contributed by atoms with Crippen LogP contribution in [0.4, 0.5) is 0 Å². The smallest absolute Gasteiger partial charge is 0.213 e. The van der Waals surface area contributed by atoms with E-state index in [9.17, 15) is 0 Å². The molecule has 16 heavy (non-hydrogen) atoms. The van der Waals surface area contributed by atoms with Crippen molar-refractivity contribution in [1.82, 2.24) is 4.98 Å². The Balaban J connectivity index is 2.34. The highest BCUT2D eigenvalue weighted by atomic mass is 16.5. The Labute approximate surface area is 94.7 Å². The lowest BCUT2D eigenvalue weighted by Crippen LogP contribution is -1.89. The van der Waals surface area contributed by atoms with Crippen LogP contribution < -0.4 is 9.47 Å². The van der Waals surface area contributed by atoms with Crippen molar-refractivity contribution in [2.24, 2.45) is 0 Å². The Morgan fingerprint density at radius 2 is 1.62 bits per heavy atom. The second kappa shape index (κ2) is 4.66. The average Bonchev–Trinajstić information content (AvgIpc) is 2.39. The molecule has 2 aromatic rings. The second-order valence-electron chi connectivity index (χ2n) is 3.29. The predicted molar refractivity (Wildman–Crippen MR) is 62.8 cm³/mol. The van der Waals surface area contributed by atoms with Crippen LogP contribution >= 0.6 is 0 Å². The number of rotatable bonds is 3. The third-order valence-corrected chi connectivity index (χ3v) is 2.32. The van der Waals surface area contributed by atoms with E-state index in [1.54, 1.807) is 14.2 Å². The summed E-state index contributed by atoms with van der Waals surface area (Å²) in [6.45, 7) is 0. The summed E-state index contributed by atoms with van der Waals surface area (Å²) in [6.07, 6.45) is 0. The van der Waals surface area contributed by atoms with Crippen molar-refractivity contribution in [3.05, 3.63) is 42.5 Å². The normalized spacial score (nSPS) is 9.88. The van der Waals surface area contributed by atoms with Crippen molar-refractivity contribution in [3.8, 4) is 22.9 Å². The highest BCUT2D eigenvalue weighted by Gasteiger charge is 2.01. The molecule has 0 unspecified atom stereocenters. The summed E-state index contributed by atoms with van der Waals surface area (Å²) in [7, 11) is 3.26. The molecule has 0 bridgehead atoms. The first-order chi connectivity index (χ1) is 7.83. The Kier molecular flexibility index (Phi) is 3.05. The second-order valence-corrected chi connectivity index (χ2v) is 3.29. The molecule has 0 aliphatic rings. The quantitative estimate of drug-likeness (QED) is 0.788. The molecule has 0 saturated heterocycles. The van der Waals surface area contributed by atoms with E-state index in [-0.39, 0.29) is 0 Å². The molecule has 3 heteroatoms. The van der Waals surface area contributed by atoms with Crippen molar-refractivity contribution in [3.63, 3.8) is 0 Å². The van der Waals surface area contributed by atoms with Gasteiger partial charge >= 0.3 is 0 Å². The highest BCUT2D eigenvalue weighted by Crippen LogP contribution is 2.22. The maximum absolute atomic E-state index is 5.10. The van der Waals surface area contributed by atoms with E-state index in [0.29, 0.717) is 5.88 Å². The van der Waals surface area contributed by atoms with E-state index in [0.717, 1.165) is 17.0 Å². The van der Waals surface area contributed by atoms with Gasteiger partial charge in [0.05, 0.1) is 19.9 Å². The largest absolute Gasteiger partial charge is 0.497 e. The Bertz CT molecular complexity index is 466. The van der Waals surface area contributed by atoms with Gasteiger partial charge in [-0.25, -0.2) is 4.98 Å². The number of ether oxygens (including phenoxy) is 2. The number of nitrogens with zero attached hydrogens (tertiary/aromatic N) is 1. The zero-order valence-electron chi connectivity index (χ0n) is 9.31. The number of methoxy groups -OCH3 is 2. The van der Waals surface area contributed by atoms with Gasteiger partial charge in [-0.05, 0) is 30.3 Å². The van der Waals surface area contributed by atoms with Crippen LogP contribution in [0, 0.1) is 0 Å². The molecule has 2 rings (SSSR count). The molecule has 0 aliphatic heterocycles. The summed E-state index contributed by atoms with van der Waals surface area (Å²) in [5, 5.41) is 0. The standard InChI is InChI=1S/C13H13NO2/c1-15-11-8-6-10(7-9-11)12-4-3-5-13(14-12)16-2/h3-9H,1-2H3. The molecule has 0 N–H and O–H groups in total. The zero-order valence-corrected chi connectivity index (χ0v) is 9.31. The Morgan fingerprint density at radius 3 is 2.25 bits per heavy atom. The van der Waals surface area contributed by atoms with E-state index < -0.39 is 0 Å². The Morgan fingerprint density at radius 1 is 0.875 bits per heavy atom. The van der Waals surface area contributed by atoms with Gasteiger partial charge in [-0.2, -0.15) is 0 Å². The van der Waals surface area contributed by atoms with Gasteiger partial charge in [-0.1, -0.05) is 6.07 Å². The van der Waals surface area contributed by atoms with E-state index in [1.165, 1.54) is 0 Å². The molecule has 0 fully saturated rings. The van der Waals surface area contributed by atoms with Crippen molar-refractivity contribution in [1.29, 1.82) is 0 Å². The third-order valence-electron chi connectivity index (χ3n) is 2.32. The van der Waals surface area contributed by atoms with Crippen molar-refractivity contribution >= 4 is 0 Å². The van der Waals surface area contributed by atoms with Crippen molar-refractivity contribution in [2.75, 3.05) is 14.2 Å². The van der Waals surface area contributed by atoms with Gasteiger partial charge in [0.1, 0.15) is 5.75 Å². The molecular weight excluding hydrogens is 202 g/mol. The average molecular weight is 215 g/mol. The van der Waals surface area contributed by atoms with Gasteiger partial charge in [0.2, 0.25) is 5.88 Å². The number of benzene rings is 1. The number of hydrogen-bond acceptors (Lipinski definition) is 3. The molecule has 0 atom stereocenters. The highest BCUT2D eigenvalue weighted by molar-refractivity contribution is 5.60. The zero-order chi connectivity index (χ0) is 11.4. The first-order valence-corrected chi connectivity index (χ1v) is 4.99. The van der Waals surface area contributed by atoms with Gasteiger partial charge in [0, 0.05) is 11.6 Å². The molecule has 3 nitrogen and oxygen atoms in total. The summed E-state index contributed by atoms with van der Waals surface area (Å²) in [6, 6.07) is 13.5. The van der Waals surface area contributed by atoms with Crippen LogP contribution in [0.3, 0.4) is 0 Å². The molecule has 82 valence electrons. The molecule has 0 aliphatic carbocycles. The summed E-state index contributed by atoms with van der Waals surface area (Å²) in [5.74, 6) is 1.46. The summed E-state index contributed by atoms with van der Waals surface area (Å²) in [4.78, 5) is 4.35. The van der Waals surface area contributed by atoms with Crippen LogP contribution in [0.25, 0.3) is 11.3 Å². The van der Waals surface area contributed by atoms with Gasteiger partial charge < -0.3 is 9.47 Å². The first kappa shape index (κ1) is 10.5. The van der Waals surface area contributed by atoms with Crippen LogP contribution in [-0.2, 0) is 0 Å². The minimum atomic E-state index is 0.619. The van der Waals surface area contributed by atoms with E-state index in [4.69, 9.17) is 9.47 Å². The minimum absolute atomic E-state index is 0.619. The van der Waals surface area contributed by atoms with Crippen molar-refractivity contribution < 1.29 is 9.47 Å². The van der Waals surface area contributed by atoms with Gasteiger partial charge in [-0.3, -0.25) is 0 Å². The fraction of sp³-hybridized carbons (Fsp3) is 0.154. The van der Waals surface area contributed by atoms with E-state index in [1.807, 2.05) is 42.5 Å². The molecule has 0 amide bonds. The van der Waals surface area contributed by atoms with Crippen LogP contribution in [0.15, 0.2) is 42.5 Å². The first-order valence-electron chi connectivity index (χ1n) is 4.99. The lowest BCUT2D eigenvalue weighted by atomic mass is 10.1. The molecule has 1 aromatic carbocycles. The minimum Gasteiger partial charge on any atom is -0.497 e. The monoisotopic (exact) mass is 215 g/mol. The SMILES string of the molecule is COc1ccc(-c2cccc(OC)n2)cc1. The van der Waals surface area contributed by atoms with Crippen molar-refractivity contribution in [2.45, 2.75) is 0 Å². The maximum atomic E-state index is 5.10. The molecule has 0 spiro atoms. The number of hydrogen-bond donors (Lipinski definition) is 0. The lowest BCUT2D eigenvalue weighted by molar-refractivity contribution is 0.398. The summed E-state index contributed by atoms with van der Waals surface area (Å²) in [5.41, 5.74) is 1.93. The van der Waals surface area contributed by atoms with Gasteiger partial charge in [0.25, 0.3) is 0 Å². The number of aromatic nitrogens is 1. The summed E-state index contributed by atoms with van der Waals surface area (Å²) < 4.78 is 10.2. The predicted octanol–water partition coefficient (Wildman–Crippen LogP) is 2.77. The molecule has 0 radical (unpaired) electrons. The summed E-state index contributed by atoms with van der Waals surface area (Å²) >= 11 is 0. The maximum Gasteiger partial charge on any atom is 0.213 e. The van der Waals surface area contributed by atoms with E-state index >= 15 is 0 Å². The third kappa shape index (κ3) is 2.14. The molecular formula is C13H13NO2. The lowest BCUT2D eigenvalue weighted by Gasteiger charge is -2.04. The fourth-order valence-electron chi connectivity index (χ4n) is 1.45. The molecule has 0 saturated carbocycles. The van der Waals surface area contributed by atoms with Crippen LogP contribution in [-0.4, -0.2) is 19.2 Å². The van der Waals surface area contributed by atoms with Gasteiger partial charge in [0.15, 0.2) is 0 Å². The molecule has 1 aromatic heterocycles. The van der Waals surface area contributed by atoms with Crippen LogP contribution in [0.1, 0.15) is 0 Å². The molecule has 1 heterocycles. The fourth-order valence-corrected chi connectivity index (χ4v) is 1.45. The van der Waals surface area contributed by atoms with Crippen LogP contribution in [0.2, 0.25) is 0 Å². The van der Waals surface area contributed by atoms with E-state index in [2.05, 4.69) is 4.98 Å². The topological polar surface area (TPSA) is 31.4 Å². The van der Waals surface area contributed by atoms with Crippen LogP contribution in [0.5, 0.6) is 11.6 Å². The Hall–Kier alpha value is -2.03. The number of pyridine rings is 1.